The lowest BCUT2D eigenvalue weighted by Gasteiger charge is -1.94. The molecule has 3 rings (SSSR count). The molecular weight excluding hydrogens is 250 g/mol. The maximum Gasteiger partial charge on any atom is 0.248 e. The van der Waals surface area contributed by atoms with Crippen LogP contribution < -0.4 is 5.73 Å². The first-order chi connectivity index (χ1) is 9.74. The minimum absolute atomic E-state index is 0.437. The summed E-state index contributed by atoms with van der Waals surface area (Å²) < 4.78 is 0. The molecule has 20 heavy (non-hydrogen) atoms. The molecule has 4 heteroatoms. The molecular formula is C16H17N3O. The lowest BCUT2D eigenvalue weighted by atomic mass is 10.2. The summed E-state index contributed by atoms with van der Waals surface area (Å²) in [7, 11) is 0. The minimum Gasteiger partial charge on any atom is -0.366 e. The maximum absolute atomic E-state index is 11.1. The number of nitrogens with two attached hydrogens (primary N) is 1. The summed E-state index contributed by atoms with van der Waals surface area (Å²) in [5.41, 5.74) is 8.36. The summed E-state index contributed by atoms with van der Waals surface area (Å²) in [6, 6.07) is 15.0. The van der Waals surface area contributed by atoms with Gasteiger partial charge in [-0.1, -0.05) is 44.2 Å². The fraction of sp³-hybridized carbons (Fsp3) is 0.125. The van der Waals surface area contributed by atoms with Gasteiger partial charge in [-0.15, -0.1) is 0 Å². The predicted octanol–water partition coefficient (Wildman–Crippen LogP) is 3.36. The fourth-order valence-corrected chi connectivity index (χ4v) is 1.90. The quantitative estimate of drug-likeness (QED) is 0.747. The molecule has 0 saturated heterocycles. The van der Waals surface area contributed by atoms with Gasteiger partial charge in [0.05, 0.1) is 11.0 Å². The number of nitrogens with one attached hydrogen (secondary N) is 1. The Balaban J connectivity index is 0.000000704. The number of hydrogen-bond donors (Lipinski definition) is 2. The molecule has 1 heterocycles. The van der Waals surface area contributed by atoms with E-state index in [0.717, 1.165) is 22.4 Å². The van der Waals surface area contributed by atoms with Crippen molar-refractivity contribution in [3.05, 3.63) is 54.1 Å². The van der Waals surface area contributed by atoms with Gasteiger partial charge in [-0.3, -0.25) is 4.79 Å². The highest BCUT2D eigenvalue weighted by Gasteiger charge is 2.07. The first-order valence-corrected chi connectivity index (χ1v) is 6.59. The van der Waals surface area contributed by atoms with Gasteiger partial charge in [-0.2, -0.15) is 0 Å². The molecule has 4 nitrogen and oxygen atoms in total. The molecule has 2 aromatic carbocycles. The van der Waals surface area contributed by atoms with Gasteiger partial charge in [0.25, 0.3) is 0 Å². The molecule has 0 spiro atoms. The number of rotatable bonds is 2. The first-order valence-electron chi connectivity index (χ1n) is 6.59. The van der Waals surface area contributed by atoms with E-state index in [-0.39, 0.29) is 0 Å². The van der Waals surface area contributed by atoms with Crippen LogP contribution in [0.1, 0.15) is 24.2 Å². The molecule has 0 bridgehead atoms. The molecule has 0 radical (unpaired) electrons. The van der Waals surface area contributed by atoms with Gasteiger partial charge < -0.3 is 10.7 Å². The highest BCUT2D eigenvalue weighted by Crippen LogP contribution is 2.20. The molecule has 1 aromatic heterocycles. The molecule has 0 aliphatic carbocycles. The number of aromatic amines is 1. The number of H-pyrrole nitrogens is 1. The van der Waals surface area contributed by atoms with Crippen molar-refractivity contribution in [2.24, 2.45) is 5.73 Å². The van der Waals surface area contributed by atoms with Gasteiger partial charge in [0.1, 0.15) is 5.82 Å². The summed E-state index contributed by atoms with van der Waals surface area (Å²) in [6.45, 7) is 4.00. The number of aromatic nitrogens is 2. The molecule has 3 aromatic rings. The van der Waals surface area contributed by atoms with Crippen LogP contribution >= 0.6 is 0 Å². The summed E-state index contributed by atoms with van der Waals surface area (Å²) >= 11 is 0. The van der Waals surface area contributed by atoms with E-state index in [1.165, 1.54) is 0 Å². The van der Waals surface area contributed by atoms with Gasteiger partial charge in [-0.25, -0.2) is 4.98 Å². The Bertz CT molecular complexity index is 717. The molecule has 3 N–H and O–H groups in total. The number of primary amides is 1. The maximum atomic E-state index is 11.1. The summed E-state index contributed by atoms with van der Waals surface area (Å²) in [5, 5.41) is 0. The standard InChI is InChI=1S/C14H11N3O.C2H6/c15-13(18)10-6-7-11-12(8-10)17-14(16-11)9-4-2-1-3-5-9;1-2/h1-8H,(H2,15,18)(H,16,17);1-2H3. The fourth-order valence-electron chi connectivity index (χ4n) is 1.90. The first kappa shape index (κ1) is 13.8. The third-order valence-corrected chi connectivity index (χ3v) is 2.81. The van der Waals surface area contributed by atoms with E-state index in [9.17, 15) is 4.79 Å². The number of amides is 1. The second-order valence-electron chi connectivity index (χ2n) is 4.05. The van der Waals surface area contributed by atoms with E-state index in [1.807, 2.05) is 44.2 Å². The normalized spacial score (nSPS) is 9.90. The van der Waals surface area contributed by atoms with Crippen LogP contribution in [0.25, 0.3) is 22.4 Å². The van der Waals surface area contributed by atoms with E-state index in [2.05, 4.69) is 9.97 Å². The van der Waals surface area contributed by atoms with Crippen molar-refractivity contribution in [2.45, 2.75) is 13.8 Å². The SMILES string of the molecule is CC.NC(=O)c1ccc2nc(-c3ccccc3)[nH]c2c1. The molecule has 0 saturated carbocycles. The monoisotopic (exact) mass is 267 g/mol. The molecule has 1 amide bonds. The van der Waals surface area contributed by atoms with Crippen LogP contribution in [-0.4, -0.2) is 15.9 Å². The number of imidazole rings is 1. The van der Waals surface area contributed by atoms with E-state index in [1.54, 1.807) is 18.2 Å². The van der Waals surface area contributed by atoms with Crippen molar-refractivity contribution < 1.29 is 4.79 Å². The van der Waals surface area contributed by atoms with E-state index < -0.39 is 5.91 Å². The number of nitrogens with zero attached hydrogens (tertiary/aromatic N) is 1. The van der Waals surface area contributed by atoms with Crippen molar-refractivity contribution in [1.82, 2.24) is 9.97 Å². The van der Waals surface area contributed by atoms with Crippen LogP contribution in [0.4, 0.5) is 0 Å². The van der Waals surface area contributed by atoms with Gasteiger partial charge in [0, 0.05) is 11.1 Å². The Morgan fingerprint density at radius 1 is 1.10 bits per heavy atom. The molecule has 0 aliphatic heterocycles. The van der Waals surface area contributed by atoms with Crippen molar-refractivity contribution in [3.63, 3.8) is 0 Å². The molecule has 0 unspecified atom stereocenters. The van der Waals surface area contributed by atoms with Crippen LogP contribution in [-0.2, 0) is 0 Å². The van der Waals surface area contributed by atoms with Gasteiger partial charge in [0.2, 0.25) is 5.91 Å². The second kappa shape index (κ2) is 6.02. The molecule has 102 valence electrons. The Hall–Kier alpha value is -2.62. The van der Waals surface area contributed by atoms with Crippen LogP contribution in [0.2, 0.25) is 0 Å². The third-order valence-electron chi connectivity index (χ3n) is 2.81. The van der Waals surface area contributed by atoms with Crippen LogP contribution in [0.3, 0.4) is 0 Å². The van der Waals surface area contributed by atoms with Gasteiger partial charge >= 0.3 is 0 Å². The van der Waals surface area contributed by atoms with Gasteiger partial charge in [-0.05, 0) is 18.2 Å². The van der Waals surface area contributed by atoms with Crippen LogP contribution in [0.15, 0.2) is 48.5 Å². The largest absolute Gasteiger partial charge is 0.366 e. The lowest BCUT2D eigenvalue weighted by molar-refractivity contribution is 0.100. The third kappa shape index (κ3) is 2.69. The van der Waals surface area contributed by atoms with Crippen LogP contribution in [0.5, 0.6) is 0 Å². The highest BCUT2D eigenvalue weighted by molar-refractivity contribution is 5.96. The minimum atomic E-state index is -0.437. The smallest absolute Gasteiger partial charge is 0.248 e. The van der Waals surface area contributed by atoms with Crippen molar-refractivity contribution in [1.29, 1.82) is 0 Å². The predicted molar refractivity (Wildman–Crippen MR) is 81.4 cm³/mol. The number of carbonyl (C=O) groups excluding carboxylic acids is 1. The average Bonchev–Trinajstić information content (AvgIpc) is 2.93. The zero-order chi connectivity index (χ0) is 14.5. The van der Waals surface area contributed by atoms with Crippen molar-refractivity contribution in [2.75, 3.05) is 0 Å². The number of carbonyl (C=O) groups is 1. The zero-order valence-corrected chi connectivity index (χ0v) is 11.6. The van der Waals surface area contributed by atoms with Crippen molar-refractivity contribution >= 4 is 16.9 Å². The lowest BCUT2D eigenvalue weighted by Crippen LogP contribution is -2.10. The molecule has 0 aliphatic rings. The summed E-state index contributed by atoms with van der Waals surface area (Å²) in [6.07, 6.45) is 0. The van der Waals surface area contributed by atoms with Crippen LogP contribution in [0, 0.1) is 0 Å². The highest BCUT2D eigenvalue weighted by atomic mass is 16.1. The zero-order valence-electron chi connectivity index (χ0n) is 11.6. The number of benzene rings is 2. The number of hydrogen-bond acceptors (Lipinski definition) is 2. The Morgan fingerprint density at radius 3 is 2.45 bits per heavy atom. The second-order valence-corrected chi connectivity index (χ2v) is 4.05. The molecule has 0 atom stereocenters. The van der Waals surface area contributed by atoms with Gasteiger partial charge in [0.15, 0.2) is 0 Å². The summed E-state index contributed by atoms with van der Waals surface area (Å²) in [5.74, 6) is 0.347. The van der Waals surface area contributed by atoms with E-state index in [4.69, 9.17) is 5.73 Å². The Morgan fingerprint density at radius 2 is 1.80 bits per heavy atom. The summed E-state index contributed by atoms with van der Waals surface area (Å²) in [4.78, 5) is 18.8. The Labute approximate surface area is 117 Å². The average molecular weight is 267 g/mol. The van der Waals surface area contributed by atoms with E-state index >= 15 is 0 Å². The molecule has 0 fully saturated rings. The van der Waals surface area contributed by atoms with Crippen molar-refractivity contribution in [3.8, 4) is 11.4 Å². The number of fused-ring (bicyclic) bond motifs is 1. The topological polar surface area (TPSA) is 71.8 Å². The van der Waals surface area contributed by atoms with E-state index in [0.29, 0.717) is 5.56 Å². The Kier molecular flexibility index (Phi) is 4.15.